The van der Waals surface area contributed by atoms with E-state index >= 15 is 8.78 Å². The SMILES string of the molecule is COC1O[C@H](CO[Si](c2ccccc2)(c2ccccc2)C(C)(C)C)[C@@](C)(O)[C@@]1(C)F.COC1O[C@H](CO[Si](c2ccccc2)(c2ccccc2)C(C)(C)C)[C@](C)(O)[C@@]1(C)F. The van der Waals surface area contributed by atoms with Crippen LogP contribution in [0.4, 0.5) is 8.78 Å². The second-order valence-electron chi connectivity index (χ2n) is 18.8. The van der Waals surface area contributed by atoms with Gasteiger partial charge in [0.1, 0.15) is 23.4 Å². The van der Waals surface area contributed by atoms with Gasteiger partial charge in [0.2, 0.25) is 0 Å². The Balaban J connectivity index is 0.000000228. The van der Waals surface area contributed by atoms with E-state index in [9.17, 15) is 10.2 Å². The van der Waals surface area contributed by atoms with Crippen molar-refractivity contribution in [1.29, 1.82) is 0 Å². The standard InChI is InChI=1S/2C24H33FO4Si/c2*1-22(2,3)30(18-13-9-7-10-14-18,19-15-11-8-12-16-19)28-17-20-24(5,26)23(4,25)21(27-6)29-20/h2*7-16,20-21,26H,17H2,1-6H3/t20-,21?,23+,24+;20-,21?,23+,24-/m11/s1. The van der Waals surface area contributed by atoms with Crippen molar-refractivity contribution < 1.29 is 46.8 Å². The highest BCUT2D eigenvalue weighted by Crippen LogP contribution is 2.46. The summed E-state index contributed by atoms with van der Waals surface area (Å²) in [5.74, 6) is 0. The molecule has 4 aromatic rings. The Morgan fingerprint density at radius 3 is 0.917 bits per heavy atom. The molecule has 2 aliphatic heterocycles. The second-order valence-corrected chi connectivity index (χ2v) is 27.4. The first-order chi connectivity index (χ1) is 28.0. The van der Waals surface area contributed by atoms with E-state index in [0.717, 1.165) is 20.7 Å². The maximum Gasteiger partial charge on any atom is 0.261 e. The smallest absolute Gasteiger partial charge is 0.261 e. The Labute approximate surface area is 358 Å². The van der Waals surface area contributed by atoms with Gasteiger partial charge >= 0.3 is 0 Å². The summed E-state index contributed by atoms with van der Waals surface area (Å²) in [5.41, 5.74) is -7.61. The molecule has 0 radical (unpaired) electrons. The lowest BCUT2D eigenvalue weighted by atomic mass is 9.85. The number of aliphatic hydroxyl groups is 2. The predicted molar refractivity (Wildman–Crippen MR) is 239 cm³/mol. The molecule has 0 bridgehead atoms. The molecule has 0 aliphatic carbocycles. The van der Waals surface area contributed by atoms with Gasteiger partial charge < -0.3 is 38.0 Å². The molecule has 0 saturated carbocycles. The minimum atomic E-state index is -2.81. The van der Waals surface area contributed by atoms with Crippen molar-refractivity contribution in [3.8, 4) is 0 Å². The monoisotopic (exact) mass is 864 g/mol. The summed E-state index contributed by atoms with van der Waals surface area (Å²) < 4.78 is 66.0. The Kier molecular flexibility index (Phi) is 14.3. The zero-order chi connectivity index (χ0) is 44.4. The van der Waals surface area contributed by atoms with Gasteiger partial charge in [0.05, 0.1) is 13.2 Å². The number of alkyl halides is 2. The van der Waals surface area contributed by atoms with E-state index in [1.807, 2.05) is 72.8 Å². The average molecular weight is 865 g/mol. The van der Waals surface area contributed by atoms with Gasteiger partial charge in [-0.3, -0.25) is 0 Å². The van der Waals surface area contributed by atoms with Crippen LogP contribution in [0.25, 0.3) is 0 Å². The Bertz CT molecular complexity index is 1730. The molecule has 8 atom stereocenters. The van der Waals surface area contributed by atoms with E-state index in [4.69, 9.17) is 27.8 Å². The molecule has 0 aromatic heterocycles. The Morgan fingerprint density at radius 2 is 0.733 bits per heavy atom. The van der Waals surface area contributed by atoms with Crippen LogP contribution in [0.5, 0.6) is 0 Å². The van der Waals surface area contributed by atoms with Crippen LogP contribution in [-0.2, 0) is 27.8 Å². The van der Waals surface area contributed by atoms with Crippen molar-refractivity contribution in [2.45, 2.75) is 127 Å². The molecule has 2 fully saturated rings. The van der Waals surface area contributed by atoms with Gasteiger partial charge in [0.25, 0.3) is 16.6 Å². The largest absolute Gasteiger partial charge is 0.405 e. The molecule has 2 aliphatic rings. The van der Waals surface area contributed by atoms with Gasteiger partial charge in [-0.1, -0.05) is 163 Å². The van der Waals surface area contributed by atoms with Crippen molar-refractivity contribution in [3.05, 3.63) is 121 Å². The maximum absolute atomic E-state index is 15.3. The molecule has 2 saturated heterocycles. The number of hydrogen-bond acceptors (Lipinski definition) is 8. The zero-order valence-electron chi connectivity index (χ0n) is 37.4. The molecule has 60 heavy (non-hydrogen) atoms. The topological polar surface area (TPSA) is 95.8 Å². The summed E-state index contributed by atoms with van der Waals surface area (Å²) in [6, 6.07) is 40.8. The third-order valence-electron chi connectivity index (χ3n) is 12.9. The van der Waals surface area contributed by atoms with E-state index in [1.165, 1.54) is 41.9 Å². The van der Waals surface area contributed by atoms with Crippen LogP contribution in [0.15, 0.2) is 121 Å². The molecule has 8 nitrogen and oxygen atoms in total. The molecule has 12 heteroatoms. The molecular weight excluding hydrogens is 799 g/mol. The first kappa shape index (κ1) is 47.9. The van der Waals surface area contributed by atoms with Crippen LogP contribution in [0.1, 0.15) is 69.2 Å². The van der Waals surface area contributed by atoms with Crippen LogP contribution in [-0.4, -0.2) is 102 Å². The normalized spacial score (nSPS) is 29.9. The van der Waals surface area contributed by atoms with Crippen molar-refractivity contribution >= 4 is 37.4 Å². The molecule has 6 rings (SSSR count). The van der Waals surface area contributed by atoms with Gasteiger partial charge in [0, 0.05) is 14.2 Å². The molecule has 0 spiro atoms. The van der Waals surface area contributed by atoms with Crippen molar-refractivity contribution in [2.75, 3.05) is 27.4 Å². The molecule has 2 heterocycles. The van der Waals surface area contributed by atoms with Crippen molar-refractivity contribution in [1.82, 2.24) is 0 Å². The predicted octanol–water partition coefficient (Wildman–Crippen LogP) is 6.83. The fourth-order valence-electron chi connectivity index (χ4n) is 8.81. The fraction of sp³-hybridized carbons (Fsp3) is 0.500. The van der Waals surface area contributed by atoms with Crippen LogP contribution in [0, 0.1) is 0 Å². The van der Waals surface area contributed by atoms with Gasteiger partial charge in [0.15, 0.2) is 23.9 Å². The highest BCUT2D eigenvalue weighted by atomic mass is 28.4. The summed E-state index contributed by atoms with van der Waals surface area (Å²) in [6.45, 7) is 18.7. The number of methoxy groups -OCH3 is 2. The third kappa shape index (κ3) is 8.49. The lowest BCUT2D eigenvalue weighted by molar-refractivity contribution is -0.165. The lowest BCUT2D eigenvalue weighted by Gasteiger charge is -2.44. The number of halogens is 2. The minimum absolute atomic E-state index is 0.0552. The highest BCUT2D eigenvalue weighted by molar-refractivity contribution is 7.00. The number of ether oxygens (including phenoxy) is 4. The minimum Gasteiger partial charge on any atom is -0.405 e. The molecule has 0 amide bonds. The second kappa shape index (κ2) is 17.9. The van der Waals surface area contributed by atoms with Crippen LogP contribution in [0.3, 0.4) is 0 Å². The number of hydrogen-bond donors (Lipinski definition) is 2. The third-order valence-corrected chi connectivity index (χ3v) is 22.9. The molecule has 2 unspecified atom stereocenters. The van der Waals surface area contributed by atoms with E-state index in [-0.39, 0.29) is 23.3 Å². The van der Waals surface area contributed by atoms with Gasteiger partial charge in [-0.2, -0.15) is 0 Å². The van der Waals surface area contributed by atoms with Crippen LogP contribution in [0.2, 0.25) is 10.1 Å². The first-order valence-electron chi connectivity index (χ1n) is 20.7. The van der Waals surface area contributed by atoms with E-state index in [1.54, 1.807) is 0 Å². The van der Waals surface area contributed by atoms with Crippen molar-refractivity contribution in [2.24, 2.45) is 0 Å². The van der Waals surface area contributed by atoms with Gasteiger partial charge in [-0.15, -0.1) is 0 Å². The summed E-state index contributed by atoms with van der Waals surface area (Å²) in [7, 11) is -2.87. The van der Waals surface area contributed by atoms with Crippen LogP contribution < -0.4 is 20.7 Å². The zero-order valence-corrected chi connectivity index (χ0v) is 39.4. The Morgan fingerprint density at radius 1 is 0.500 bits per heavy atom. The first-order valence-corrected chi connectivity index (χ1v) is 24.5. The number of rotatable bonds is 12. The van der Waals surface area contributed by atoms with Gasteiger partial charge in [-0.25, -0.2) is 8.78 Å². The molecule has 4 aromatic carbocycles. The van der Waals surface area contributed by atoms with Crippen LogP contribution >= 0.6 is 0 Å². The van der Waals surface area contributed by atoms with Gasteiger partial charge in [-0.05, 0) is 58.5 Å². The summed E-state index contributed by atoms with van der Waals surface area (Å²) in [6.07, 6.45) is -4.03. The highest BCUT2D eigenvalue weighted by Gasteiger charge is 2.65. The quantitative estimate of drug-likeness (QED) is 0.150. The van der Waals surface area contributed by atoms with Crippen molar-refractivity contribution in [3.63, 3.8) is 0 Å². The summed E-state index contributed by atoms with van der Waals surface area (Å²) >= 11 is 0. The van der Waals surface area contributed by atoms with E-state index in [2.05, 4.69) is 90.1 Å². The summed E-state index contributed by atoms with van der Waals surface area (Å²) in [5, 5.41) is 26.0. The molecular formula is C48H66F2O8Si2. The Hall–Kier alpha value is -3.15. The van der Waals surface area contributed by atoms with E-state index < -0.39 is 64.0 Å². The lowest BCUT2D eigenvalue weighted by Crippen LogP contribution is -2.67. The molecule has 328 valence electrons. The fourth-order valence-corrected chi connectivity index (χ4v) is 17.9. The maximum atomic E-state index is 15.3. The average Bonchev–Trinajstić information content (AvgIpc) is 3.49. The molecule has 2 N–H and O–H groups in total. The number of benzene rings is 4. The van der Waals surface area contributed by atoms with E-state index in [0.29, 0.717) is 0 Å². The summed E-state index contributed by atoms with van der Waals surface area (Å²) in [4.78, 5) is 0.